The van der Waals surface area contributed by atoms with Gasteiger partial charge in [0.1, 0.15) is 0 Å². The number of nitrogens with zero attached hydrogens (tertiary/aromatic N) is 2. The summed E-state index contributed by atoms with van der Waals surface area (Å²) in [6.07, 6.45) is 2.01. The van der Waals surface area contributed by atoms with Crippen LogP contribution in [0.5, 0.6) is 11.5 Å². The average Bonchev–Trinajstić information content (AvgIpc) is 2.78. The highest BCUT2D eigenvalue weighted by atomic mass is 35.5. The summed E-state index contributed by atoms with van der Waals surface area (Å²) in [5, 5.41) is 8.26. The van der Waals surface area contributed by atoms with Gasteiger partial charge in [0.2, 0.25) is 0 Å². The average molecular weight is 310 g/mol. The molecule has 0 amide bonds. The summed E-state index contributed by atoms with van der Waals surface area (Å²) >= 11 is 6.35. The van der Waals surface area contributed by atoms with Crippen LogP contribution in [0.15, 0.2) is 18.3 Å². The number of nitrogens with one attached hydrogen (secondary N) is 1. The Morgan fingerprint density at radius 2 is 1.90 bits per heavy atom. The van der Waals surface area contributed by atoms with Gasteiger partial charge in [-0.05, 0) is 18.6 Å². The van der Waals surface area contributed by atoms with Crippen LogP contribution in [0.2, 0.25) is 5.02 Å². The molecule has 6 heteroatoms. The summed E-state index contributed by atoms with van der Waals surface area (Å²) in [7, 11) is 5.10. The second kappa shape index (κ2) is 6.83. The van der Waals surface area contributed by atoms with Gasteiger partial charge in [-0.2, -0.15) is 5.10 Å². The molecule has 5 nitrogen and oxygen atoms in total. The second-order valence-corrected chi connectivity index (χ2v) is 5.17. The maximum absolute atomic E-state index is 6.35. The minimum absolute atomic E-state index is 0.566. The summed E-state index contributed by atoms with van der Waals surface area (Å²) < 4.78 is 12.3. The first-order valence-electron chi connectivity index (χ1n) is 6.66. The smallest absolute Gasteiger partial charge is 0.179 e. The van der Waals surface area contributed by atoms with Crippen molar-refractivity contribution in [1.29, 1.82) is 0 Å². The number of rotatable bonds is 6. The molecule has 0 fully saturated rings. The highest BCUT2D eigenvalue weighted by Gasteiger charge is 2.13. The monoisotopic (exact) mass is 309 g/mol. The quantitative estimate of drug-likeness (QED) is 0.891. The Bertz CT molecular complexity index is 626. The van der Waals surface area contributed by atoms with Crippen LogP contribution in [-0.2, 0) is 20.1 Å². The van der Waals surface area contributed by atoms with Crippen LogP contribution in [0.25, 0.3) is 0 Å². The number of methoxy groups -OCH3 is 2. The van der Waals surface area contributed by atoms with Crippen molar-refractivity contribution < 1.29 is 9.47 Å². The van der Waals surface area contributed by atoms with Gasteiger partial charge >= 0.3 is 0 Å². The molecule has 114 valence electrons. The Labute approximate surface area is 129 Å². The van der Waals surface area contributed by atoms with Gasteiger partial charge in [-0.3, -0.25) is 4.68 Å². The fourth-order valence-electron chi connectivity index (χ4n) is 2.22. The van der Waals surface area contributed by atoms with E-state index in [1.54, 1.807) is 14.2 Å². The van der Waals surface area contributed by atoms with E-state index in [2.05, 4.69) is 10.4 Å². The lowest BCUT2D eigenvalue weighted by molar-refractivity contribution is 0.354. The molecule has 0 saturated carbocycles. The molecule has 0 aliphatic carbocycles. The molecular weight excluding hydrogens is 290 g/mol. The summed E-state index contributed by atoms with van der Waals surface area (Å²) in [5.41, 5.74) is 3.17. The van der Waals surface area contributed by atoms with Crippen LogP contribution in [0.4, 0.5) is 0 Å². The van der Waals surface area contributed by atoms with Crippen molar-refractivity contribution in [3.8, 4) is 11.5 Å². The highest BCUT2D eigenvalue weighted by molar-refractivity contribution is 6.33. The van der Waals surface area contributed by atoms with Gasteiger partial charge in [-0.1, -0.05) is 17.7 Å². The fraction of sp³-hybridized carbons (Fsp3) is 0.400. The summed E-state index contributed by atoms with van der Waals surface area (Å²) in [6.45, 7) is 3.39. The zero-order valence-electron chi connectivity index (χ0n) is 12.7. The molecule has 0 atom stereocenters. The predicted octanol–water partition coefficient (Wildman–Crippen LogP) is 2.69. The lowest BCUT2D eigenvalue weighted by Gasteiger charge is -2.13. The Morgan fingerprint density at radius 1 is 1.19 bits per heavy atom. The first-order chi connectivity index (χ1) is 10.1. The van der Waals surface area contributed by atoms with E-state index < -0.39 is 0 Å². The van der Waals surface area contributed by atoms with Gasteiger partial charge in [-0.15, -0.1) is 0 Å². The van der Waals surface area contributed by atoms with Crippen LogP contribution in [-0.4, -0.2) is 24.0 Å². The van der Waals surface area contributed by atoms with E-state index in [-0.39, 0.29) is 0 Å². The van der Waals surface area contributed by atoms with Crippen molar-refractivity contribution >= 4 is 11.6 Å². The van der Waals surface area contributed by atoms with E-state index >= 15 is 0 Å². The lowest BCUT2D eigenvalue weighted by Crippen LogP contribution is -2.13. The third-order valence-electron chi connectivity index (χ3n) is 3.31. The largest absolute Gasteiger partial charge is 0.493 e. The lowest BCUT2D eigenvalue weighted by atomic mass is 10.2. The van der Waals surface area contributed by atoms with E-state index in [0.717, 1.165) is 17.8 Å². The number of ether oxygens (including phenoxy) is 2. The Balaban J connectivity index is 2.05. The van der Waals surface area contributed by atoms with Crippen LogP contribution in [0, 0.1) is 6.92 Å². The van der Waals surface area contributed by atoms with Gasteiger partial charge < -0.3 is 14.8 Å². The molecule has 21 heavy (non-hydrogen) atoms. The Kier molecular flexibility index (Phi) is 5.09. The van der Waals surface area contributed by atoms with Gasteiger partial charge in [0.05, 0.1) is 24.9 Å². The molecule has 0 spiro atoms. The SMILES string of the molecule is COc1ccc(CNCc2cn(C)nc2C)c(Cl)c1OC. The molecule has 1 aromatic heterocycles. The molecule has 0 aliphatic heterocycles. The fourth-order valence-corrected chi connectivity index (χ4v) is 2.52. The molecule has 0 saturated heterocycles. The maximum Gasteiger partial charge on any atom is 0.179 e. The summed E-state index contributed by atoms with van der Waals surface area (Å²) in [6, 6.07) is 3.80. The molecule has 0 bridgehead atoms. The standard InChI is InChI=1S/C15H20ClN3O2/c1-10-12(9-19(2)18-10)8-17-7-11-5-6-13(20-3)15(21-4)14(11)16/h5-6,9,17H,7-8H2,1-4H3. The zero-order chi connectivity index (χ0) is 15.4. The third-order valence-corrected chi connectivity index (χ3v) is 3.73. The zero-order valence-corrected chi connectivity index (χ0v) is 13.5. The Hall–Kier alpha value is -1.72. The Morgan fingerprint density at radius 3 is 2.48 bits per heavy atom. The number of halogens is 1. The van der Waals surface area contributed by atoms with Crippen LogP contribution in [0.1, 0.15) is 16.8 Å². The highest BCUT2D eigenvalue weighted by Crippen LogP contribution is 2.37. The van der Waals surface area contributed by atoms with Gasteiger partial charge in [0.25, 0.3) is 0 Å². The molecule has 2 aromatic rings. The van der Waals surface area contributed by atoms with Crippen LogP contribution >= 0.6 is 11.6 Å². The van der Waals surface area contributed by atoms with Gasteiger partial charge in [0.15, 0.2) is 11.5 Å². The van der Waals surface area contributed by atoms with Crippen molar-refractivity contribution in [1.82, 2.24) is 15.1 Å². The van der Waals surface area contributed by atoms with E-state index in [4.69, 9.17) is 21.1 Å². The summed E-state index contributed by atoms with van der Waals surface area (Å²) in [5.74, 6) is 1.20. The molecule has 2 rings (SSSR count). The van der Waals surface area contributed by atoms with E-state index in [0.29, 0.717) is 23.1 Å². The molecule has 0 radical (unpaired) electrons. The maximum atomic E-state index is 6.35. The topological polar surface area (TPSA) is 48.3 Å². The minimum atomic E-state index is 0.566. The predicted molar refractivity (Wildman–Crippen MR) is 83.0 cm³/mol. The van der Waals surface area contributed by atoms with Crippen LogP contribution < -0.4 is 14.8 Å². The molecule has 1 aromatic carbocycles. The number of aryl methyl sites for hydroxylation is 2. The second-order valence-electron chi connectivity index (χ2n) is 4.79. The minimum Gasteiger partial charge on any atom is -0.493 e. The number of hydrogen-bond donors (Lipinski definition) is 1. The van der Waals surface area contributed by atoms with Crippen molar-refractivity contribution in [2.75, 3.05) is 14.2 Å². The van der Waals surface area contributed by atoms with E-state index in [1.165, 1.54) is 5.56 Å². The molecular formula is C15H20ClN3O2. The number of aromatic nitrogens is 2. The molecule has 0 unspecified atom stereocenters. The third kappa shape index (κ3) is 3.49. The summed E-state index contributed by atoms with van der Waals surface area (Å²) in [4.78, 5) is 0. The van der Waals surface area contributed by atoms with Crippen LogP contribution in [0.3, 0.4) is 0 Å². The normalized spacial score (nSPS) is 10.7. The van der Waals surface area contributed by atoms with Crippen molar-refractivity contribution in [2.24, 2.45) is 7.05 Å². The molecule has 1 heterocycles. The van der Waals surface area contributed by atoms with E-state index in [9.17, 15) is 0 Å². The number of hydrogen-bond acceptors (Lipinski definition) is 4. The number of benzene rings is 1. The molecule has 0 aliphatic rings. The first-order valence-corrected chi connectivity index (χ1v) is 7.03. The molecule has 1 N–H and O–H groups in total. The van der Waals surface area contributed by atoms with E-state index in [1.807, 2.05) is 37.0 Å². The first kappa shape index (κ1) is 15.7. The van der Waals surface area contributed by atoms with Crippen molar-refractivity contribution in [2.45, 2.75) is 20.0 Å². The van der Waals surface area contributed by atoms with Gasteiger partial charge in [-0.25, -0.2) is 0 Å². The van der Waals surface area contributed by atoms with Crippen molar-refractivity contribution in [3.63, 3.8) is 0 Å². The van der Waals surface area contributed by atoms with Crippen molar-refractivity contribution in [3.05, 3.63) is 40.2 Å². The van der Waals surface area contributed by atoms with Gasteiger partial charge in [0, 0.05) is 31.9 Å².